The normalized spacial score (nSPS) is 11.4. The summed E-state index contributed by atoms with van der Waals surface area (Å²) in [6.07, 6.45) is 4.51. The van der Waals surface area contributed by atoms with E-state index in [0.717, 1.165) is 71.2 Å². The van der Waals surface area contributed by atoms with Crippen molar-refractivity contribution in [1.82, 2.24) is 15.5 Å². The number of nitrogens with one attached hydrogen (secondary N) is 2. The Morgan fingerprint density at radius 3 is 2.09 bits per heavy atom. The average Bonchev–Trinajstić information content (AvgIpc) is 2.52. The van der Waals surface area contributed by atoms with Gasteiger partial charge in [-0.2, -0.15) is 0 Å². The predicted molar refractivity (Wildman–Crippen MR) is 108 cm³/mol. The number of nitrogens with zero attached hydrogens (tertiary/aromatic N) is 2. The lowest BCUT2D eigenvalue weighted by molar-refractivity contribution is 0.129. The van der Waals surface area contributed by atoms with Gasteiger partial charge >= 0.3 is 0 Å². The number of ether oxygens (including phenoxy) is 1. The Balaban J connectivity index is 0. The first-order chi connectivity index (χ1) is 10.3. The molecule has 0 radical (unpaired) electrons. The van der Waals surface area contributed by atoms with Crippen LogP contribution in [0.15, 0.2) is 4.99 Å². The summed E-state index contributed by atoms with van der Waals surface area (Å²) in [5.41, 5.74) is 0. The number of aliphatic imine (C=N–C) groups is 1. The van der Waals surface area contributed by atoms with Gasteiger partial charge < -0.3 is 20.3 Å². The highest BCUT2D eigenvalue weighted by Gasteiger charge is 2.00. The maximum atomic E-state index is 5.53. The standard InChI is InChI=1S/C16H36N4O.HI/c1-5-8-14-21-15-10-12-19-16(17-4)18-11-9-13-20(6-2)7-3;/h5-15H2,1-4H3,(H2,17,18,19);1H. The van der Waals surface area contributed by atoms with Gasteiger partial charge in [-0.3, -0.25) is 4.99 Å². The lowest BCUT2D eigenvalue weighted by atomic mass is 10.3. The zero-order valence-electron chi connectivity index (χ0n) is 15.0. The summed E-state index contributed by atoms with van der Waals surface area (Å²) in [5.74, 6) is 0.892. The molecule has 134 valence electrons. The highest BCUT2D eigenvalue weighted by atomic mass is 127. The van der Waals surface area contributed by atoms with Crippen LogP contribution in [0, 0.1) is 0 Å². The molecule has 0 atom stereocenters. The minimum atomic E-state index is 0. The van der Waals surface area contributed by atoms with Gasteiger partial charge in [-0.15, -0.1) is 24.0 Å². The molecule has 0 spiro atoms. The highest BCUT2D eigenvalue weighted by molar-refractivity contribution is 14.0. The van der Waals surface area contributed by atoms with Crippen LogP contribution in [-0.4, -0.2) is 63.8 Å². The van der Waals surface area contributed by atoms with Crippen LogP contribution in [-0.2, 0) is 4.74 Å². The van der Waals surface area contributed by atoms with Crippen LogP contribution >= 0.6 is 24.0 Å². The molecule has 6 heteroatoms. The second-order valence-electron chi connectivity index (χ2n) is 5.13. The number of guanidine groups is 1. The minimum Gasteiger partial charge on any atom is -0.381 e. The third-order valence-corrected chi connectivity index (χ3v) is 3.46. The van der Waals surface area contributed by atoms with E-state index < -0.39 is 0 Å². The molecule has 5 nitrogen and oxygen atoms in total. The van der Waals surface area contributed by atoms with Crippen molar-refractivity contribution < 1.29 is 4.74 Å². The van der Waals surface area contributed by atoms with Crippen molar-refractivity contribution in [1.29, 1.82) is 0 Å². The van der Waals surface area contributed by atoms with E-state index in [1.165, 1.54) is 6.42 Å². The fourth-order valence-corrected chi connectivity index (χ4v) is 2.00. The summed E-state index contributed by atoms with van der Waals surface area (Å²) in [6.45, 7) is 13.6. The van der Waals surface area contributed by atoms with E-state index in [4.69, 9.17) is 4.74 Å². The number of hydrogen-bond donors (Lipinski definition) is 2. The Hall–Kier alpha value is -0.0800. The van der Waals surface area contributed by atoms with Gasteiger partial charge in [0.25, 0.3) is 0 Å². The topological polar surface area (TPSA) is 48.9 Å². The summed E-state index contributed by atoms with van der Waals surface area (Å²) in [6, 6.07) is 0. The molecule has 0 saturated heterocycles. The summed E-state index contributed by atoms with van der Waals surface area (Å²) < 4.78 is 5.53. The summed E-state index contributed by atoms with van der Waals surface area (Å²) >= 11 is 0. The van der Waals surface area contributed by atoms with Gasteiger partial charge in [0, 0.05) is 33.4 Å². The number of unbranched alkanes of at least 4 members (excludes halogenated alkanes) is 1. The van der Waals surface area contributed by atoms with E-state index in [2.05, 4.69) is 41.3 Å². The van der Waals surface area contributed by atoms with Crippen LogP contribution in [0.3, 0.4) is 0 Å². The molecule has 2 N–H and O–H groups in total. The van der Waals surface area contributed by atoms with Crippen molar-refractivity contribution in [3.05, 3.63) is 0 Å². The van der Waals surface area contributed by atoms with E-state index in [1.54, 1.807) is 0 Å². The van der Waals surface area contributed by atoms with Gasteiger partial charge in [0.05, 0.1) is 0 Å². The lowest BCUT2D eigenvalue weighted by Gasteiger charge is -2.18. The summed E-state index contributed by atoms with van der Waals surface area (Å²) in [4.78, 5) is 6.67. The molecule has 0 aliphatic carbocycles. The van der Waals surface area contributed by atoms with E-state index in [-0.39, 0.29) is 24.0 Å². The Labute approximate surface area is 154 Å². The van der Waals surface area contributed by atoms with Gasteiger partial charge in [0.15, 0.2) is 5.96 Å². The number of hydrogen-bond acceptors (Lipinski definition) is 3. The zero-order valence-corrected chi connectivity index (χ0v) is 17.3. The lowest BCUT2D eigenvalue weighted by Crippen LogP contribution is -2.39. The van der Waals surface area contributed by atoms with Crippen LogP contribution in [0.1, 0.15) is 46.5 Å². The first-order valence-electron chi connectivity index (χ1n) is 8.53. The molecule has 0 heterocycles. The molecule has 0 aromatic rings. The Morgan fingerprint density at radius 1 is 0.955 bits per heavy atom. The van der Waals surface area contributed by atoms with Crippen LogP contribution in [0.2, 0.25) is 0 Å². The Kier molecular flexibility index (Phi) is 20.8. The third kappa shape index (κ3) is 14.8. The largest absolute Gasteiger partial charge is 0.381 e. The first kappa shape index (κ1) is 24.2. The van der Waals surface area contributed by atoms with Crippen LogP contribution < -0.4 is 10.6 Å². The minimum absolute atomic E-state index is 0. The molecule has 0 rings (SSSR count). The fourth-order valence-electron chi connectivity index (χ4n) is 2.00. The summed E-state index contributed by atoms with van der Waals surface area (Å²) in [5, 5.41) is 6.68. The second kappa shape index (κ2) is 19.0. The quantitative estimate of drug-likeness (QED) is 0.205. The van der Waals surface area contributed by atoms with Crippen LogP contribution in [0.4, 0.5) is 0 Å². The molecule has 0 aromatic heterocycles. The number of rotatable bonds is 13. The van der Waals surface area contributed by atoms with Gasteiger partial charge in [-0.05, 0) is 38.9 Å². The van der Waals surface area contributed by atoms with E-state index in [0.29, 0.717) is 0 Å². The number of halogens is 1. The molecular weight excluding hydrogens is 391 g/mol. The fraction of sp³-hybridized carbons (Fsp3) is 0.938. The van der Waals surface area contributed by atoms with E-state index in [9.17, 15) is 0 Å². The van der Waals surface area contributed by atoms with E-state index >= 15 is 0 Å². The zero-order chi connectivity index (χ0) is 15.8. The maximum absolute atomic E-state index is 5.53. The SMILES string of the molecule is CCCCOCCCNC(=NC)NCCCN(CC)CC.I. The highest BCUT2D eigenvalue weighted by Crippen LogP contribution is 1.90. The van der Waals surface area contributed by atoms with Gasteiger partial charge in [0.1, 0.15) is 0 Å². The Bertz CT molecular complexity index is 248. The average molecular weight is 428 g/mol. The van der Waals surface area contributed by atoms with Crippen molar-refractivity contribution in [3.8, 4) is 0 Å². The molecule has 0 aliphatic rings. The second-order valence-corrected chi connectivity index (χ2v) is 5.13. The van der Waals surface area contributed by atoms with Crippen LogP contribution in [0.25, 0.3) is 0 Å². The van der Waals surface area contributed by atoms with Crippen molar-refractivity contribution in [3.63, 3.8) is 0 Å². The van der Waals surface area contributed by atoms with E-state index in [1.807, 2.05) is 7.05 Å². The Morgan fingerprint density at radius 2 is 1.55 bits per heavy atom. The van der Waals surface area contributed by atoms with Crippen molar-refractivity contribution >= 4 is 29.9 Å². The molecule has 22 heavy (non-hydrogen) atoms. The predicted octanol–water partition coefficient (Wildman–Crippen LogP) is 2.71. The van der Waals surface area contributed by atoms with Crippen LogP contribution in [0.5, 0.6) is 0 Å². The molecule has 0 unspecified atom stereocenters. The molecule has 0 aromatic carbocycles. The molecule has 0 amide bonds. The van der Waals surface area contributed by atoms with Gasteiger partial charge in [-0.1, -0.05) is 27.2 Å². The molecule has 0 saturated carbocycles. The van der Waals surface area contributed by atoms with Gasteiger partial charge in [-0.25, -0.2) is 0 Å². The van der Waals surface area contributed by atoms with Crippen molar-refractivity contribution in [2.45, 2.75) is 46.5 Å². The van der Waals surface area contributed by atoms with Gasteiger partial charge in [0.2, 0.25) is 0 Å². The molecular formula is C16H37IN4O. The third-order valence-electron chi connectivity index (χ3n) is 3.46. The molecule has 0 bridgehead atoms. The molecule has 0 aliphatic heterocycles. The first-order valence-corrected chi connectivity index (χ1v) is 8.53. The van der Waals surface area contributed by atoms with Crippen molar-refractivity contribution in [2.24, 2.45) is 4.99 Å². The summed E-state index contributed by atoms with van der Waals surface area (Å²) in [7, 11) is 1.82. The smallest absolute Gasteiger partial charge is 0.190 e. The monoisotopic (exact) mass is 428 g/mol. The maximum Gasteiger partial charge on any atom is 0.190 e. The van der Waals surface area contributed by atoms with Crippen molar-refractivity contribution in [2.75, 3.05) is 53.0 Å². The molecule has 0 fully saturated rings.